The summed E-state index contributed by atoms with van der Waals surface area (Å²) in [5.41, 5.74) is 6.86. The minimum atomic E-state index is 0.0814. The lowest BCUT2D eigenvalue weighted by Crippen LogP contribution is -2.53. The molecule has 0 saturated carbocycles. The first-order valence-corrected chi connectivity index (χ1v) is 15.1. The van der Waals surface area contributed by atoms with Crippen LogP contribution >= 0.6 is 11.6 Å². The molecule has 6 nitrogen and oxygen atoms in total. The summed E-state index contributed by atoms with van der Waals surface area (Å²) in [6.45, 7) is 6.41. The zero-order chi connectivity index (χ0) is 27.3. The molecule has 6 rings (SSSR count). The van der Waals surface area contributed by atoms with Gasteiger partial charge in [0.2, 0.25) is 5.91 Å². The number of hydrogen-bond acceptors (Lipinski definition) is 5. The Bertz CT molecular complexity index is 1330. The van der Waals surface area contributed by atoms with Gasteiger partial charge >= 0.3 is 0 Å². The van der Waals surface area contributed by atoms with E-state index in [1.807, 2.05) is 18.2 Å². The van der Waals surface area contributed by atoms with Gasteiger partial charge in [-0.3, -0.25) is 14.6 Å². The molecule has 0 aromatic heterocycles. The van der Waals surface area contributed by atoms with Crippen LogP contribution in [-0.2, 0) is 28.9 Å². The zero-order valence-electron chi connectivity index (χ0n) is 23.1. The van der Waals surface area contributed by atoms with Crippen molar-refractivity contribution in [2.45, 2.75) is 44.7 Å². The summed E-state index contributed by atoms with van der Waals surface area (Å²) in [6, 6.07) is 23.3. The third-order valence-corrected chi connectivity index (χ3v) is 9.10. The maximum Gasteiger partial charge on any atom is 0.224 e. The predicted molar refractivity (Wildman–Crippen MR) is 162 cm³/mol. The summed E-state index contributed by atoms with van der Waals surface area (Å²) in [7, 11) is 0. The number of likely N-dealkylation sites (tertiary alicyclic amines) is 1. The quantitative estimate of drug-likeness (QED) is 0.366. The lowest BCUT2D eigenvalue weighted by atomic mass is 9.86. The number of ether oxygens (including phenoxy) is 1. The number of anilines is 3. The molecule has 0 aliphatic carbocycles. The first-order chi connectivity index (χ1) is 19.6. The van der Waals surface area contributed by atoms with Gasteiger partial charge in [0.05, 0.1) is 13.2 Å². The largest absolute Gasteiger partial charge is 0.379 e. The van der Waals surface area contributed by atoms with E-state index < -0.39 is 0 Å². The maximum absolute atomic E-state index is 13.2. The second kappa shape index (κ2) is 12.7. The van der Waals surface area contributed by atoms with Gasteiger partial charge in [-0.2, -0.15) is 0 Å². The number of nitrogens with one attached hydrogen (secondary N) is 2. The van der Waals surface area contributed by atoms with Gasteiger partial charge in [0.15, 0.2) is 0 Å². The fraction of sp³-hybridized carbons (Fsp3) is 0.424. The standard InChI is InChI=1S/C33H39ClN4O2/c34-29-7-3-1-6-26(29)22-37-16-15-32(38-17-19-40-20-18-38)27(23-37)12-14-33(39)35-28-13-11-25-10-9-24-5-2-4-8-30(24)36-31(25)21-28/h1-8,11,13,21,27,32,36H,9-10,12,14-20,22-23H2,(H,35,39)/t27-,32+/m1/s1. The van der Waals surface area contributed by atoms with Crippen LogP contribution < -0.4 is 10.6 Å². The number of carbonyl (C=O) groups excluding carboxylic acids is 1. The molecule has 40 heavy (non-hydrogen) atoms. The average molecular weight is 559 g/mol. The van der Waals surface area contributed by atoms with Gasteiger partial charge in [-0.25, -0.2) is 0 Å². The van der Waals surface area contributed by atoms with Crippen LogP contribution in [0.15, 0.2) is 66.7 Å². The van der Waals surface area contributed by atoms with Gasteiger partial charge < -0.3 is 15.4 Å². The number of rotatable bonds is 7. The Hall–Kier alpha value is -2.90. The Labute approximate surface area is 242 Å². The van der Waals surface area contributed by atoms with Crippen molar-refractivity contribution in [1.82, 2.24) is 9.80 Å². The van der Waals surface area contributed by atoms with E-state index in [0.29, 0.717) is 18.4 Å². The molecule has 0 spiro atoms. The van der Waals surface area contributed by atoms with Crippen molar-refractivity contribution in [3.63, 3.8) is 0 Å². The molecule has 2 saturated heterocycles. The molecule has 210 valence electrons. The monoisotopic (exact) mass is 558 g/mol. The van der Waals surface area contributed by atoms with Crippen LogP contribution in [0, 0.1) is 5.92 Å². The number of benzene rings is 3. The van der Waals surface area contributed by atoms with E-state index in [9.17, 15) is 4.79 Å². The number of carbonyl (C=O) groups is 1. The van der Waals surface area contributed by atoms with Crippen LogP contribution in [-0.4, -0.2) is 61.1 Å². The molecule has 0 radical (unpaired) electrons. The van der Waals surface area contributed by atoms with Gasteiger partial charge in [-0.15, -0.1) is 0 Å². The molecule has 2 fully saturated rings. The van der Waals surface area contributed by atoms with E-state index in [2.05, 4.69) is 69.0 Å². The van der Waals surface area contributed by atoms with Crippen molar-refractivity contribution in [1.29, 1.82) is 0 Å². The highest BCUT2D eigenvalue weighted by Gasteiger charge is 2.34. The topological polar surface area (TPSA) is 56.8 Å². The summed E-state index contributed by atoms with van der Waals surface area (Å²) < 4.78 is 5.63. The van der Waals surface area contributed by atoms with Crippen LogP contribution in [0.25, 0.3) is 0 Å². The SMILES string of the molecule is O=C(CC[C@@H]1CN(Cc2ccccc2Cl)CC[C@@H]1N1CCOCC1)Nc1ccc2c(c1)Nc1ccccc1CC2. The van der Waals surface area contributed by atoms with Crippen molar-refractivity contribution in [2.75, 3.05) is 50.0 Å². The molecule has 3 aliphatic heterocycles. The van der Waals surface area contributed by atoms with E-state index in [0.717, 1.165) is 93.7 Å². The minimum absolute atomic E-state index is 0.0814. The van der Waals surface area contributed by atoms with Gasteiger partial charge in [-0.1, -0.05) is 54.1 Å². The van der Waals surface area contributed by atoms with Gasteiger partial charge in [0, 0.05) is 60.7 Å². The summed E-state index contributed by atoms with van der Waals surface area (Å²) in [4.78, 5) is 18.3. The summed E-state index contributed by atoms with van der Waals surface area (Å²) in [5, 5.41) is 7.60. The number of para-hydroxylation sites is 1. The summed E-state index contributed by atoms with van der Waals surface area (Å²) >= 11 is 6.48. The van der Waals surface area contributed by atoms with Crippen molar-refractivity contribution in [3.8, 4) is 0 Å². The molecular formula is C33H39ClN4O2. The number of fused-ring (bicyclic) bond motifs is 2. The fourth-order valence-corrected chi connectivity index (χ4v) is 6.78. The van der Waals surface area contributed by atoms with Gasteiger partial charge in [-0.05, 0) is 79.1 Å². The second-order valence-electron chi connectivity index (χ2n) is 11.3. The molecule has 2 atom stereocenters. The molecule has 3 aromatic carbocycles. The molecule has 1 amide bonds. The number of hydrogen-bond donors (Lipinski definition) is 2. The number of amides is 1. The van der Waals surface area contributed by atoms with Crippen molar-refractivity contribution < 1.29 is 9.53 Å². The van der Waals surface area contributed by atoms with E-state index in [1.54, 1.807) is 0 Å². The number of nitrogens with zero attached hydrogens (tertiary/aromatic N) is 2. The van der Waals surface area contributed by atoms with E-state index >= 15 is 0 Å². The smallest absolute Gasteiger partial charge is 0.224 e. The lowest BCUT2D eigenvalue weighted by Gasteiger charge is -2.45. The van der Waals surface area contributed by atoms with Crippen LogP contribution in [0.4, 0.5) is 17.1 Å². The van der Waals surface area contributed by atoms with E-state index in [1.165, 1.54) is 16.7 Å². The second-order valence-corrected chi connectivity index (χ2v) is 11.7. The third kappa shape index (κ3) is 6.52. The van der Waals surface area contributed by atoms with E-state index in [-0.39, 0.29) is 5.91 Å². The first-order valence-electron chi connectivity index (χ1n) is 14.7. The molecule has 7 heteroatoms. The van der Waals surface area contributed by atoms with Crippen molar-refractivity contribution in [2.24, 2.45) is 5.92 Å². The highest BCUT2D eigenvalue weighted by atomic mass is 35.5. The molecule has 3 aromatic rings. The van der Waals surface area contributed by atoms with Gasteiger partial charge in [0.1, 0.15) is 0 Å². The van der Waals surface area contributed by atoms with Crippen LogP contribution in [0.5, 0.6) is 0 Å². The van der Waals surface area contributed by atoms with Crippen LogP contribution in [0.2, 0.25) is 5.02 Å². The highest BCUT2D eigenvalue weighted by Crippen LogP contribution is 2.32. The Morgan fingerprint density at radius 3 is 2.58 bits per heavy atom. The molecule has 0 unspecified atom stereocenters. The van der Waals surface area contributed by atoms with Crippen molar-refractivity contribution >= 4 is 34.6 Å². The van der Waals surface area contributed by atoms with Crippen molar-refractivity contribution in [3.05, 3.63) is 88.4 Å². The third-order valence-electron chi connectivity index (χ3n) is 8.73. The normalized spacial score (nSPS) is 21.5. The Balaban J connectivity index is 1.10. The Kier molecular flexibility index (Phi) is 8.68. The van der Waals surface area contributed by atoms with Gasteiger partial charge in [0.25, 0.3) is 0 Å². The predicted octanol–water partition coefficient (Wildman–Crippen LogP) is 6.12. The van der Waals surface area contributed by atoms with E-state index in [4.69, 9.17) is 16.3 Å². The Morgan fingerprint density at radius 2 is 1.73 bits per heavy atom. The number of halogens is 1. The lowest BCUT2D eigenvalue weighted by molar-refractivity contribution is -0.116. The molecule has 2 N–H and O–H groups in total. The molecular weight excluding hydrogens is 520 g/mol. The van der Waals surface area contributed by atoms with Crippen LogP contribution in [0.1, 0.15) is 36.0 Å². The maximum atomic E-state index is 13.2. The average Bonchev–Trinajstić information content (AvgIpc) is 3.17. The zero-order valence-corrected chi connectivity index (χ0v) is 23.8. The molecule has 3 aliphatic rings. The summed E-state index contributed by atoms with van der Waals surface area (Å²) in [5.74, 6) is 0.503. The number of aryl methyl sites for hydroxylation is 2. The Morgan fingerprint density at radius 1 is 0.950 bits per heavy atom. The minimum Gasteiger partial charge on any atom is -0.379 e. The molecule has 3 heterocycles. The summed E-state index contributed by atoms with van der Waals surface area (Å²) in [6.07, 6.45) is 4.49. The number of piperidine rings is 1. The number of morpholine rings is 1. The first kappa shape index (κ1) is 27.3. The fourth-order valence-electron chi connectivity index (χ4n) is 6.58. The molecule has 0 bridgehead atoms. The van der Waals surface area contributed by atoms with Crippen LogP contribution in [0.3, 0.4) is 0 Å². The highest BCUT2D eigenvalue weighted by molar-refractivity contribution is 6.31.